The average Bonchev–Trinajstić information content (AvgIpc) is 2.99. The molecule has 0 aliphatic heterocycles. The number of rotatable bonds is 13. The molecular weight excluding hydrogens is 532 g/mol. The average molecular weight is 560 g/mol. The summed E-state index contributed by atoms with van der Waals surface area (Å²) in [5, 5.41) is 30.5. The minimum atomic E-state index is -1.20. The summed E-state index contributed by atoms with van der Waals surface area (Å²) in [6.45, 7) is -1.27. The van der Waals surface area contributed by atoms with Crippen LogP contribution >= 0.6 is 0 Å². The Morgan fingerprint density at radius 3 is 2.54 bits per heavy atom. The summed E-state index contributed by atoms with van der Waals surface area (Å²) < 4.78 is 40.6. The zero-order valence-corrected chi connectivity index (χ0v) is 21.9. The zero-order valence-electron chi connectivity index (χ0n) is 21.9. The highest BCUT2D eigenvalue weighted by molar-refractivity contribution is 5.73. The third-order valence-corrected chi connectivity index (χ3v) is 6.34. The van der Waals surface area contributed by atoms with E-state index in [0.717, 1.165) is 0 Å². The number of nitrogens with one attached hydrogen (secondary N) is 1. The van der Waals surface area contributed by atoms with Crippen molar-refractivity contribution in [2.24, 2.45) is 0 Å². The van der Waals surface area contributed by atoms with E-state index in [1.54, 1.807) is 66.9 Å². The summed E-state index contributed by atoms with van der Waals surface area (Å²) in [6.07, 6.45) is 2.99. The highest BCUT2D eigenvalue weighted by Crippen LogP contribution is 2.31. The summed E-state index contributed by atoms with van der Waals surface area (Å²) >= 11 is 0. The molecule has 1 aromatic heterocycles. The number of aromatic nitrogens is 1. The van der Waals surface area contributed by atoms with Gasteiger partial charge in [0.05, 0.1) is 12.2 Å². The number of nitriles is 1. The van der Waals surface area contributed by atoms with E-state index in [9.17, 15) is 23.8 Å². The van der Waals surface area contributed by atoms with Crippen molar-refractivity contribution in [3.05, 3.63) is 113 Å². The van der Waals surface area contributed by atoms with Gasteiger partial charge < -0.3 is 19.7 Å². The standard InChI is InChI=1S/C31H27F2N3O5/c32-12-27-23(4-3-6-25(27)26-5-1-2-7-28(26)33)19-40-24-9-8-22(16-36-29(17-37)31(38)39)30(11-24)41-18-21-10-20(13-34)14-35-15-21/h1-11,14-15,29,36-37H,12,16-19H2,(H,38,39)/t29-/m1/s1. The number of carbonyl (C=O) groups is 1. The predicted molar refractivity (Wildman–Crippen MR) is 146 cm³/mol. The minimum Gasteiger partial charge on any atom is -0.489 e. The van der Waals surface area contributed by atoms with Crippen molar-refractivity contribution >= 4 is 5.97 Å². The number of pyridine rings is 1. The molecule has 8 nitrogen and oxygen atoms in total. The maximum atomic E-state index is 14.4. The second-order valence-electron chi connectivity index (χ2n) is 9.05. The van der Waals surface area contributed by atoms with Gasteiger partial charge in [-0.3, -0.25) is 15.1 Å². The highest BCUT2D eigenvalue weighted by atomic mass is 19.1. The zero-order chi connectivity index (χ0) is 29.2. The van der Waals surface area contributed by atoms with Crippen LogP contribution in [0.25, 0.3) is 11.1 Å². The van der Waals surface area contributed by atoms with Crippen molar-refractivity contribution in [1.29, 1.82) is 5.26 Å². The Balaban J connectivity index is 1.57. The molecule has 0 amide bonds. The molecule has 4 aromatic rings. The second-order valence-corrected chi connectivity index (χ2v) is 9.05. The quantitative estimate of drug-likeness (QED) is 0.211. The Morgan fingerprint density at radius 2 is 1.80 bits per heavy atom. The highest BCUT2D eigenvalue weighted by Gasteiger charge is 2.17. The number of benzene rings is 3. The lowest BCUT2D eigenvalue weighted by Crippen LogP contribution is -2.39. The molecule has 4 rings (SSSR count). The molecular formula is C31H27F2N3O5. The lowest BCUT2D eigenvalue weighted by atomic mass is 9.96. The maximum absolute atomic E-state index is 14.4. The van der Waals surface area contributed by atoms with E-state index in [0.29, 0.717) is 50.4 Å². The van der Waals surface area contributed by atoms with Gasteiger partial charge in [-0.2, -0.15) is 5.26 Å². The summed E-state index contributed by atoms with van der Waals surface area (Å²) in [4.78, 5) is 15.3. The van der Waals surface area contributed by atoms with Crippen molar-refractivity contribution in [2.45, 2.75) is 32.5 Å². The number of aliphatic hydroxyl groups is 1. The monoisotopic (exact) mass is 559 g/mol. The summed E-state index contributed by atoms with van der Waals surface area (Å²) in [7, 11) is 0. The van der Waals surface area contributed by atoms with Crippen LogP contribution in [0.1, 0.15) is 27.8 Å². The van der Waals surface area contributed by atoms with Crippen LogP contribution in [-0.4, -0.2) is 33.8 Å². The first-order valence-electron chi connectivity index (χ1n) is 12.6. The van der Waals surface area contributed by atoms with Crippen LogP contribution in [0.2, 0.25) is 0 Å². The van der Waals surface area contributed by atoms with E-state index in [2.05, 4.69) is 10.3 Å². The van der Waals surface area contributed by atoms with E-state index in [1.807, 2.05) is 6.07 Å². The number of aliphatic hydroxyl groups excluding tert-OH is 1. The molecule has 0 saturated carbocycles. The number of ether oxygens (including phenoxy) is 2. The third kappa shape index (κ3) is 7.42. The van der Waals surface area contributed by atoms with Crippen LogP contribution < -0.4 is 14.8 Å². The van der Waals surface area contributed by atoms with Crippen molar-refractivity contribution < 1.29 is 33.3 Å². The normalized spacial score (nSPS) is 11.5. The first-order chi connectivity index (χ1) is 19.9. The fraction of sp³-hybridized carbons (Fsp3) is 0.194. The molecule has 0 aliphatic rings. The van der Waals surface area contributed by atoms with Gasteiger partial charge in [-0.25, -0.2) is 8.78 Å². The first kappa shape index (κ1) is 29.1. The van der Waals surface area contributed by atoms with Gasteiger partial charge in [0, 0.05) is 41.7 Å². The molecule has 10 heteroatoms. The van der Waals surface area contributed by atoms with Crippen LogP contribution in [0.5, 0.6) is 11.5 Å². The fourth-order valence-electron chi connectivity index (χ4n) is 4.18. The van der Waals surface area contributed by atoms with Crippen LogP contribution in [0.3, 0.4) is 0 Å². The van der Waals surface area contributed by atoms with E-state index >= 15 is 0 Å². The van der Waals surface area contributed by atoms with Crippen molar-refractivity contribution in [2.75, 3.05) is 6.61 Å². The Labute approximate surface area is 235 Å². The molecule has 0 bridgehead atoms. The summed E-state index contributed by atoms with van der Waals surface area (Å²) in [5.41, 5.74) is 3.22. The van der Waals surface area contributed by atoms with Crippen molar-refractivity contribution in [3.8, 4) is 28.7 Å². The largest absolute Gasteiger partial charge is 0.489 e. The molecule has 0 radical (unpaired) electrons. The third-order valence-electron chi connectivity index (χ3n) is 6.34. The van der Waals surface area contributed by atoms with Crippen LogP contribution in [-0.2, 0) is 31.2 Å². The molecule has 210 valence electrons. The Kier molecular flexibility index (Phi) is 9.94. The van der Waals surface area contributed by atoms with Gasteiger partial charge in [-0.1, -0.05) is 42.5 Å². The molecule has 0 aliphatic carbocycles. The van der Waals surface area contributed by atoms with Gasteiger partial charge in [0.1, 0.15) is 49.3 Å². The van der Waals surface area contributed by atoms with Gasteiger partial charge >= 0.3 is 5.97 Å². The van der Waals surface area contributed by atoms with Crippen molar-refractivity contribution in [3.63, 3.8) is 0 Å². The van der Waals surface area contributed by atoms with Gasteiger partial charge in [0.25, 0.3) is 0 Å². The number of carboxylic acids is 1. The SMILES string of the molecule is N#Cc1cncc(COc2cc(OCc3cccc(-c4ccccc4F)c3CF)ccc2CN[C@H](CO)C(=O)O)c1. The number of carboxylic acid groups (broad SMARTS) is 1. The van der Waals surface area contributed by atoms with Crippen molar-refractivity contribution in [1.82, 2.24) is 10.3 Å². The van der Waals surface area contributed by atoms with Crippen LogP contribution in [0.15, 0.2) is 79.1 Å². The van der Waals surface area contributed by atoms with E-state index in [4.69, 9.17) is 14.7 Å². The Bertz CT molecular complexity index is 1560. The number of halogens is 2. The Hall–Kier alpha value is -4.85. The molecule has 3 aromatic carbocycles. The minimum absolute atomic E-state index is 0.00167. The predicted octanol–water partition coefficient (Wildman–Crippen LogP) is 4.92. The van der Waals surface area contributed by atoms with Crippen LogP contribution in [0.4, 0.5) is 8.78 Å². The molecule has 0 saturated heterocycles. The van der Waals surface area contributed by atoms with E-state index in [-0.39, 0.29) is 19.8 Å². The smallest absolute Gasteiger partial charge is 0.323 e. The lowest BCUT2D eigenvalue weighted by Gasteiger charge is -2.17. The second kappa shape index (κ2) is 14.0. The van der Waals surface area contributed by atoms with Gasteiger partial charge in [-0.05, 0) is 34.9 Å². The first-order valence-corrected chi connectivity index (χ1v) is 12.6. The number of hydrogen-bond donors (Lipinski definition) is 3. The summed E-state index contributed by atoms with van der Waals surface area (Å²) in [6, 6.07) is 18.7. The topological polar surface area (TPSA) is 125 Å². The molecule has 41 heavy (non-hydrogen) atoms. The number of nitrogens with zero attached hydrogens (tertiary/aromatic N) is 2. The number of aliphatic carboxylic acids is 1. The maximum Gasteiger partial charge on any atom is 0.323 e. The number of hydrogen-bond acceptors (Lipinski definition) is 7. The van der Waals surface area contributed by atoms with E-state index in [1.165, 1.54) is 12.3 Å². The lowest BCUT2D eigenvalue weighted by molar-refractivity contribution is -0.140. The Morgan fingerprint density at radius 1 is 1.00 bits per heavy atom. The molecule has 0 fully saturated rings. The molecule has 3 N–H and O–H groups in total. The van der Waals surface area contributed by atoms with Gasteiger partial charge in [-0.15, -0.1) is 0 Å². The molecule has 0 unspecified atom stereocenters. The number of alkyl halides is 1. The molecule has 1 heterocycles. The molecule has 0 spiro atoms. The van der Waals surface area contributed by atoms with Gasteiger partial charge in [0.2, 0.25) is 0 Å². The molecule has 1 atom stereocenters. The van der Waals surface area contributed by atoms with E-state index < -0.39 is 31.1 Å². The van der Waals surface area contributed by atoms with Gasteiger partial charge in [0.15, 0.2) is 0 Å². The fourth-order valence-corrected chi connectivity index (χ4v) is 4.18. The summed E-state index contributed by atoms with van der Waals surface area (Å²) in [5.74, 6) is -0.889. The van der Waals surface area contributed by atoms with Crippen LogP contribution in [0, 0.1) is 17.1 Å².